The quantitative estimate of drug-likeness (QED) is 0.673. The van der Waals surface area contributed by atoms with Crippen LogP contribution in [0, 0.1) is 5.92 Å². The Bertz CT molecular complexity index is 307. The van der Waals surface area contributed by atoms with Crippen LogP contribution in [0.25, 0.3) is 0 Å². The van der Waals surface area contributed by atoms with E-state index in [1.165, 1.54) is 6.20 Å². The molecule has 1 atom stereocenters. The van der Waals surface area contributed by atoms with Crippen molar-refractivity contribution in [1.29, 1.82) is 0 Å². The molecule has 0 aromatic rings. The molecule has 1 unspecified atom stereocenters. The maximum absolute atomic E-state index is 11.3. The average molecular weight is 196 g/mol. The largest absolute Gasteiger partial charge is 0.481 e. The third-order valence-corrected chi connectivity index (χ3v) is 1.93. The highest BCUT2D eigenvalue weighted by Crippen LogP contribution is 2.06. The monoisotopic (exact) mass is 196 g/mol. The number of carbonyl (C=O) groups excluding carboxylic acids is 1. The van der Waals surface area contributed by atoms with Gasteiger partial charge in [-0.1, -0.05) is 6.92 Å². The molecule has 76 valence electrons. The summed E-state index contributed by atoms with van der Waals surface area (Å²) in [5.41, 5.74) is 0.572. The minimum Gasteiger partial charge on any atom is -0.481 e. The van der Waals surface area contributed by atoms with Gasteiger partial charge in [0.05, 0.1) is 5.92 Å². The molecule has 0 spiro atoms. The summed E-state index contributed by atoms with van der Waals surface area (Å²) in [5.74, 6) is -1.72. The van der Waals surface area contributed by atoms with Crippen LogP contribution in [0.5, 0.6) is 0 Å². The van der Waals surface area contributed by atoms with Crippen molar-refractivity contribution in [2.75, 3.05) is 6.54 Å². The Hall–Kier alpha value is -1.65. The van der Waals surface area contributed by atoms with E-state index < -0.39 is 11.9 Å². The number of aliphatic imine (C=N–C) groups is 1. The Morgan fingerprint density at radius 2 is 2.43 bits per heavy atom. The summed E-state index contributed by atoms with van der Waals surface area (Å²) < 4.78 is 0. The van der Waals surface area contributed by atoms with Crippen molar-refractivity contribution in [3.8, 4) is 0 Å². The topological polar surface area (TPSA) is 78.8 Å². The summed E-state index contributed by atoms with van der Waals surface area (Å²) in [6.45, 7) is 1.69. The third-order valence-electron chi connectivity index (χ3n) is 1.93. The van der Waals surface area contributed by atoms with Gasteiger partial charge in [0.15, 0.2) is 0 Å². The minimum absolute atomic E-state index is 0.144. The van der Waals surface area contributed by atoms with Crippen LogP contribution in [0.3, 0.4) is 0 Å². The molecule has 0 aliphatic carbocycles. The van der Waals surface area contributed by atoms with E-state index in [0.717, 1.165) is 0 Å². The molecule has 0 saturated carbocycles. The van der Waals surface area contributed by atoms with E-state index in [2.05, 4.69) is 10.3 Å². The smallest absolute Gasteiger partial charge is 0.308 e. The molecule has 0 bridgehead atoms. The Kier molecular flexibility index (Phi) is 3.39. The molecular formula is C9H12N2O3. The summed E-state index contributed by atoms with van der Waals surface area (Å²) in [4.78, 5) is 25.5. The first-order valence-corrected chi connectivity index (χ1v) is 4.33. The zero-order valence-corrected chi connectivity index (χ0v) is 7.86. The van der Waals surface area contributed by atoms with Crippen LogP contribution in [0.15, 0.2) is 16.8 Å². The number of aliphatic carboxylic acids is 1. The van der Waals surface area contributed by atoms with Gasteiger partial charge in [0.2, 0.25) is 5.91 Å². The second kappa shape index (κ2) is 4.55. The van der Waals surface area contributed by atoms with Crippen molar-refractivity contribution in [3.05, 3.63) is 11.8 Å². The molecular weight excluding hydrogens is 184 g/mol. The summed E-state index contributed by atoms with van der Waals surface area (Å²) >= 11 is 0. The Labute approximate surface area is 81.5 Å². The molecule has 0 fully saturated rings. The molecule has 1 rings (SSSR count). The van der Waals surface area contributed by atoms with Gasteiger partial charge in [-0.3, -0.25) is 14.6 Å². The van der Waals surface area contributed by atoms with Gasteiger partial charge in [-0.15, -0.1) is 0 Å². The summed E-state index contributed by atoms with van der Waals surface area (Å²) in [6.07, 6.45) is 3.64. The SMILES string of the molecule is CC(CNC(=O)C1=CN=CC1)C(=O)O. The molecule has 0 radical (unpaired) electrons. The van der Waals surface area contributed by atoms with Crippen molar-refractivity contribution in [3.63, 3.8) is 0 Å². The average Bonchev–Trinajstić information content (AvgIpc) is 2.66. The zero-order valence-electron chi connectivity index (χ0n) is 7.86. The van der Waals surface area contributed by atoms with Crippen LogP contribution in [0.2, 0.25) is 0 Å². The van der Waals surface area contributed by atoms with Crippen molar-refractivity contribution >= 4 is 18.1 Å². The van der Waals surface area contributed by atoms with Crippen molar-refractivity contribution in [1.82, 2.24) is 5.32 Å². The number of hydrogen-bond acceptors (Lipinski definition) is 3. The second-order valence-electron chi connectivity index (χ2n) is 3.14. The van der Waals surface area contributed by atoms with Crippen molar-refractivity contribution in [2.45, 2.75) is 13.3 Å². The van der Waals surface area contributed by atoms with Gasteiger partial charge in [0, 0.05) is 31.0 Å². The van der Waals surface area contributed by atoms with Crippen molar-refractivity contribution < 1.29 is 14.7 Å². The lowest BCUT2D eigenvalue weighted by molar-refractivity contribution is -0.141. The molecule has 14 heavy (non-hydrogen) atoms. The standard InChI is InChI=1S/C9H12N2O3/c1-6(9(13)14)4-11-8(12)7-2-3-10-5-7/h3,5-6H,2,4H2,1H3,(H,11,12)(H,13,14). The number of carboxylic acid groups (broad SMARTS) is 1. The molecule has 1 amide bonds. The van der Waals surface area contributed by atoms with Crippen LogP contribution < -0.4 is 5.32 Å². The van der Waals surface area contributed by atoms with Gasteiger partial charge in [0.1, 0.15) is 0 Å². The second-order valence-corrected chi connectivity index (χ2v) is 3.14. The van der Waals surface area contributed by atoms with Crippen LogP contribution in [-0.2, 0) is 9.59 Å². The molecule has 1 aliphatic rings. The van der Waals surface area contributed by atoms with Crippen LogP contribution in [0.4, 0.5) is 0 Å². The summed E-state index contributed by atoms with van der Waals surface area (Å²) in [7, 11) is 0. The lowest BCUT2D eigenvalue weighted by atomic mass is 10.1. The number of nitrogens with one attached hydrogen (secondary N) is 1. The van der Waals surface area contributed by atoms with Gasteiger partial charge in [0.25, 0.3) is 0 Å². The van der Waals surface area contributed by atoms with E-state index in [4.69, 9.17) is 5.11 Å². The number of carboxylic acids is 1. The van der Waals surface area contributed by atoms with E-state index in [1.54, 1.807) is 13.1 Å². The number of hydrogen-bond donors (Lipinski definition) is 2. The van der Waals surface area contributed by atoms with Gasteiger partial charge in [-0.25, -0.2) is 0 Å². The molecule has 1 heterocycles. The van der Waals surface area contributed by atoms with Crippen LogP contribution >= 0.6 is 0 Å². The lowest BCUT2D eigenvalue weighted by Crippen LogP contribution is -2.32. The fraction of sp³-hybridized carbons (Fsp3) is 0.444. The molecule has 0 saturated heterocycles. The first kappa shape index (κ1) is 10.4. The maximum Gasteiger partial charge on any atom is 0.308 e. The minimum atomic E-state index is -0.915. The van der Waals surface area contributed by atoms with Crippen molar-refractivity contribution in [2.24, 2.45) is 10.9 Å². The Morgan fingerprint density at radius 1 is 1.71 bits per heavy atom. The lowest BCUT2D eigenvalue weighted by Gasteiger charge is -2.08. The number of nitrogens with zero attached hydrogens (tertiary/aromatic N) is 1. The van der Waals surface area contributed by atoms with Crippen LogP contribution in [-0.4, -0.2) is 29.7 Å². The number of rotatable bonds is 4. The maximum atomic E-state index is 11.3. The third kappa shape index (κ3) is 2.69. The molecule has 5 heteroatoms. The van der Waals surface area contributed by atoms with E-state index in [0.29, 0.717) is 12.0 Å². The first-order chi connectivity index (χ1) is 6.61. The van der Waals surface area contributed by atoms with E-state index in [1.807, 2.05) is 0 Å². The molecule has 2 N–H and O–H groups in total. The molecule has 0 aromatic carbocycles. The van der Waals surface area contributed by atoms with E-state index in [9.17, 15) is 9.59 Å². The Morgan fingerprint density at radius 3 is 2.93 bits per heavy atom. The molecule has 5 nitrogen and oxygen atoms in total. The van der Waals surface area contributed by atoms with Gasteiger partial charge >= 0.3 is 5.97 Å². The van der Waals surface area contributed by atoms with E-state index >= 15 is 0 Å². The fourth-order valence-corrected chi connectivity index (χ4v) is 0.944. The predicted molar refractivity (Wildman–Crippen MR) is 51.0 cm³/mol. The van der Waals surface area contributed by atoms with Gasteiger partial charge in [-0.05, 0) is 0 Å². The molecule has 0 aromatic heterocycles. The first-order valence-electron chi connectivity index (χ1n) is 4.33. The van der Waals surface area contributed by atoms with E-state index in [-0.39, 0.29) is 12.5 Å². The summed E-state index contributed by atoms with van der Waals surface area (Å²) in [5, 5.41) is 11.1. The normalized spacial score (nSPS) is 16.2. The number of carbonyl (C=O) groups is 2. The highest BCUT2D eigenvalue weighted by Gasteiger charge is 2.15. The predicted octanol–water partition coefficient (Wildman–Crippen LogP) is 0.182. The highest BCUT2D eigenvalue weighted by molar-refractivity contribution is 5.98. The summed E-state index contributed by atoms with van der Waals surface area (Å²) in [6, 6.07) is 0. The highest BCUT2D eigenvalue weighted by atomic mass is 16.4. The number of amides is 1. The fourth-order valence-electron chi connectivity index (χ4n) is 0.944. The van der Waals surface area contributed by atoms with Gasteiger partial charge < -0.3 is 10.4 Å². The molecule has 1 aliphatic heterocycles. The zero-order chi connectivity index (χ0) is 10.6. The Balaban J connectivity index is 2.32. The van der Waals surface area contributed by atoms with Gasteiger partial charge in [-0.2, -0.15) is 0 Å². The van der Waals surface area contributed by atoms with Crippen LogP contribution in [0.1, 0.15) is 13.3 Å².